The monoisotopic (exact) mass is 311 g/mol. The summed E-state index contributed by atoms with van der Waals surface area (Å²) in [7, 11) is 0. The molecule has 0 unspecified atom stereocenters. The van der Waals surface area contributed by atoms with Crippen LogP contribution in [0, 0.1) is 17.8 Å². The molecule has 0 heterocycles. The number of alkyl halides is 3. The summed E-state index contributed by atoms with van der Waals surface area (Å²) in [5.74, 6) is 1.50. The van der Waals surface area contributed by atoms with Gasteiger partial charge in [-0.3, -0.25) is 4.79 Å². The molecule has 22 heavy (non-hydrogen) atoms. The molecule has 1 amide bonds. The number of fused-ring (bicyclic) bond motifs is 2. The minimum Gasteiger partial charge on any atom is -0.349 e. The molecule has 0 radical (unpaired) electrons. The number of carbonyl (C=O) groups is 1. The Bertz CT molecular complexity index is 569. The van der Waals surface area contributed by atoms with E-state index in [0.29, 0.717) is 11.8 Å². The third-order valence-corrected chi connectivity index (χ3v) is 5.25. The Kier molecular flexibility index (Phi) is 3.91. The van der Waals surface area contributed by atoms with E-state index in [1.54, 1.807) is 0 Å². The number of benzene rings is 1. The lowest BCUT2D eigenvalue weighted by Gasteiger charge is -2.28. The molecule has 4 atom stereocenters. The second kappa shape index (κ2) is 5.60. The van der Waals surface area contributed by atoms with Crippen molar-refractivity contribution in [1.82, 2.24) is 5.32 Å². The SMILES string of the molecule is C[C@H](NC(=O)c1cccc(C(F)(F)F)c1)[C@H]1C[C@@H]2CC[C@@H]1C2. The molecule has 1 aromatic rings. The van der Waals surface area contributed by atoms with Crippen LogP contribution >= 0.6 is 0 Å². The molecular formula is C17H20F3NO. The number of hydrogen-bond acceptors (Lipinski definition) is 1. The van der Waals surface area contributed by atoms with Crippen LogP contribution in [0.4, 0.5) is 13.2 Å². The van der Waals surface area contributed by atoms with E-state index in [2.05, 4.69) is 5.32 Å². The van der Waals surface area contributed by atoms with Crippen LogP contribution in [0.1, 0.15) is 48.5 Å². The molecule has 0 spiro atoms. The van der Waals surface area contributed by atoms with Gasteiger partial charge in [0.15, 0.2) is 0 Å². The molecule has 2 aliphatic carbocycles. The molecule has 2 saturated carbocycles. The lowest BCUT2D eigenvalue weighted by Crippen LogP contribution is -2.40. The van der Waals surface area contributed by atoms with E-state index < -0.39 is 17.6 Å². The molecular weight excluding hydrogens is 291 g/mol. The summed E-state index contributed by atoms with van der Waals surface area (Å²) in [6.45, 7) is 1.97. The number of carbonyl (C=O) groups excluding carboxylic acids is 1. The third kappa shape index (κ3) is 2.99. The maximum atomic E-state index is 12.7. The highest BCUT2D eigenvalue weighted by Gasteiger charge is 2.42. The zero-order valence-electron chi connectivity index (χ0n) is 12.5. The van der Waals surface area contributed by atoms with E-state index in [1.807, 2.05) is 6.92 Å². The van der Waals surface area contributed by atoms with E-state index in [9.17, 15) is 18.0 Å². The van der Waals surface area contributed by atoms with Crippen molar-refractivity contribution in [2.45, 2.75) is 44.8 Å². The Balaban J connectivity index is 1.67. The fraction of sp³-hybridized carbons (Fsp3) is 0.588. The van der Waals surface area contributed by atoms with Crippen LogP contribution in [0.5, 0.6) is 0 Å². The van der Waals surface area contributed by atoms with Crippen LogP contribution in [-0.4, -0.2) is 11.9 Å². The van der Waals surface area contributed by atoms with Gasteiger partial charge in [0.05, 0.1) is 5.56 Å². The minimum atomic E-state index is -4.42. The van der Waals surface area contributed by atoms with E-state index >= 15 is 0 Å². The Morgan fingerprint density at radius 1 is 1.27 bits per heavy atom. The van der Waals surface area contributed by atoms with Crippen LogP contribution in [-0.2, 0) is 6.18 Å². The Labute approximate surface area is 128 Å². The van der Waals surface area contributed by atoms with E-state index in [0.717, 1.165) is 24.5 Å². The van der Waals surface area contributed by atoms with Gasteiger partial charge in [0.1, 0.15) is 0 Å². The highest BCUT2D eigenvalue weighted by molar-refractivity contribution is 5.94. The average molecular weight is 311 g/mol. The molecule has 0 aromatic heterocycles. The fourth-order valence-corrected chi connectivity index (χ4v) is 4.14. The summed E-state index contributed by atoms with van der Waals surface area (Å²) < 4.78 is 38.1. The molecule has 2 aliphatic rings. The number of rotatable bonds is 3. The molecule has 1 N–H and O–H groups in total. The predicted molar refractivity (Wildman–Crippen MR) is 77.3 cm³/mol. The van der Waals surface area contributed by atoms with Gasteiger partial charge in [0.25, 0.3) is 5.91 Å². The average Bonchev–Trinajstić information content (AvgIpc) is 3.09. The first-order valence-corrected chi connectivity index (χ1v) is 7.82. The third-order valence-electron chi connectivity index (χ3n) is 5.25. The van der Waals surface area contributed by atoms with Crippen molar-refractivity contribution < 1.29 is 18.0 Å². The molecule has 0 saturated heterocycles. The van der Waals surface area contributed by atoms with Crippen LogP contribution in [0.3, 0.4) is 0 Å². The van der Waals surface area contributed by atoms with Gasteiger partial charge in [-0.05, 0) is 62.1 Å². The zero-order chi connectivity index (χ0) is 15.9. The van der Waals surface area contributed by atoms with Gasteiger partial charge in [-0.15, -0.1) is 0 Å². The molecule has 0 aliphatic heterocycles. The quantitative estimate of drug-likeness (QED) is 0.888. The maximum absolute atomic E-state index is 12.7. The summed E-state index contributed by atoms with van der Waals surface area (Å²) in [6.07, 6.45) is 0.463. The second-order valence-corrected chi connectivity index (χ2v) is 6.68. The van der Waals surface area contributed by atoms with Crippen LogP contribution in [0.25, 0.3) is 0 Å². The molecule has 2 fully saturated rings. The standard InChI is InChI=1S/C17H20F3NO/c1-10(15-8-11-5-6-12(15)7-11)21-16(22)13-3-2-4-14(9-13)17(18,19)20/h2-4,9-12,15H,5-8H2,1H3,(H,21,22)/t10-,11+,12+,15+/m0/s1. The van der Waals surface area contributed by atoms with Crippen molar-refractivity contribution in [3.63, 3.8) is 0 Å². The maximum Gasteiger partial charge on any atom is 0.416 e. The van der Waals surface area contributed by atoms with Crippen LogP contribution < -0.4 is 5.32 Å². The highest BCUT2D eigenvalue weighted by atomic mass is 19.4. The lowest BCUT2D eigenvalue weighted by molar-refractivity contribution is -0.137. The predicted octanol–water partition coefficient (Wildman–Crippen LogP) is 4.26. The van der Waals surface area contributed by atoms with Crippen molar-refractivity contribution in [1.29, 1.82) is 0 Å². The lowest BCUT2D eigenvalue weighted by atomic mass is 9.84. The van der Waals surface area contributed by atoms with Gasteiger partial charge in [-0.2, -0.15) is 13.2 Å². The van der Waals surface area contributed by atoms with Gasteiger partial charge >= 0.3 is 6.18 Å². The number of halogens is 3. The number of nitrogens with one attached hydrogen (secondary N) is 1. The minimum absolute atomic E-state index is 0.0114. The van der Waals surface area contributed by atoms with Gasteiger partial charge in [-0.25, -0.2) is 0 Å². The summed E-state index contributed by atoms with van der Waals surface area (Å²) in [6, 6.07) is 4.62. The van der Waals surface area contributed by atoms with Gasteiger partial charge < -0.3 is 5.32 Å². The van der Waals surface area contributed by atoms with E-state index in [4.69, 9.17) is 0 Å². The summed E-state index contributed by atoms with van der Waals surface area (Å²) in [4.78, 5) is 12.2. The summed E-state index contributed by atoms with van der Waals surface area (Å²) >= 11 is 0. The number of amides is 1. The van der Waals surface area contributed by atoms with Gasteiger partial charge in [0.2, 0.25) is 0 Å². The van der Waals surface area contributed by atoms with Crippen molar-refractivity contribution in [2.75, 3.05) is 0 Å². The molecule has 5 heteroatoms. The number of hydrogen-bond donors (Lipinski definition) is 1. The zero-order valence-corrected chi connectivity index (χ0v) is 12.5. The van der Waals surface area contributed by atoms with Gasteiger partial charge in [-0.1, -0.05) is 12.5 Å². The fourth-order valence-electron chi connectivity index (χ4n) is 4.14. The van der Waals surface area contributed by atoms with Crippen molar-refractivity contribution >= 4 is 5.91 Å². The first-order chi connectivity index (χ1) is 10.3. The summed E-state index contributed by atoms with van der Waals surface area (Å²) in [5.41, 5.74) is -0.711. The molecule has 120 valence electrons. The van der Waals surface area contributed by atoms with Gasteiger partial charge in [0, 0.05) is 11.6 Å². The van der Waals surface area contributed by atoms with E-state index in [1.165, 1.54) is 31.4 Å². The highest BCUT2D eigenvalue weighted by Crippen LogP contribution is 2.49. The van der Waals surface area contributed by atoms with Crippen molar-refractivity contribution in [2.24, 2.45) is 17.8 Å². The molecule has 3 rings (SSSR count). The van der Waals surface area contributed by atoms with E-state index in [-0.39, 0.29) is 11.6 Å². The Morgan fingerprint density at radius 2 is 2.05 bits per heavy atom. The normalized spacial score (nSPS) is 28.6. The van der Waals surface area contributed by atoms with Crippen molar-refractivity contribution in [3.8, 4) is 0 Å². The summed E-state index contributed by atoms with van der Waals surface area (Å²) in [5, 5.41) is 2.90. The Morgan fingerprint density at radius 3 is 2.64 bits per heavy atom. The van der Waals surface area contributed by atoms with Crippen LogP contribution in [0.15, 0.2) is 24.3 Å². The Hall–Kier alpha value is -1.52. The smallest absolute Gasteiger partial charge is 0.349 e. The van der Waals surface area contributed by atoms with Crippen LogP contribution in [0.2, 0.25) is 0 Å². The van der Waals surface area contributed by atoms with Crippen molar-refractivity contribution in [3.05, 3.63) is 35.4 Å². The molecule has 2 nitrogen and oxygen atoms in total. The molecule has 1 aromatic carbocycles. The topological polar surface area (TPSA) is 29.1 Å². The molecule has 2 bridgehead atoms. The first kappa shape index (κ1) is 15.4. The first-order valence-electron chi connectivity index (χ1n) is 7.82. The second-order valence-electron chi connectivity index (χ2n) is 6.68. The largest absolute Gasteiger partial charge is 0.416 e.